The lowest BCUT2D eigenvalue weighted by Gasteiger charge is -2.11. The van der Waals surface area contributed by atoms with E-state index in [2.05, 4.69) is 10.6 Å². The van der Waals surface area contributed by atoms with Crippen LogP contribution in [-0.2, 0) is 9.59 Å². The Kier molecular flexibility index (Phi) is 6.19. The maximum atomic E-state index is 11.8. The highest BCUT2D eigenvalue weighted by Crippen LogP contribution is 2.16. The molecule has 0 radical (unpaired) electrons. The summed E-state index contributed by atoms with van der Waals surface area (Å²) in [5, 5.41) is 25.3. The van der Waals surface area contributed by atoms with Gasteiger partial charge in [0.05, 0.1) is 11.0 Å². The first-order valence-electron chi connectivity index (χ1n) is 7.54. The van der Waals surface area contributed by atoms with Crippen LogP contribution < -0.4 is 10.6 Å². The second-order valence-corrected chi connectivity index (χ2v) is 5.23. The Morgan fingerprint density at radius 3 is 2.28 bits per heavy atom. The zero-order valence-corrected chi connectivity index (χ0v) is 13.2. The fraction of sp³-hybridized carbons (Fsp3) is 0.176. The fourth-order valence-electron chi connectivity index (χ4n) is 2.10. The van der Waals surface area contributed by atoms with Gasteiger partial charge < -0.3 is 15.7 Å². The average Bonchev–Trinajstić information content (AvgIpc) is 2.62. The minimum atomic E-state index is -0.886. The van der Waals surface area contributed by atoms with E-state index in [0.717, 1.165) is 5.56 Å². The van der Waals surface area contributed by atoms with Gasteiger partial charge in [0.25, 0.3) is 5.69 Å². The Bertz CT molecular complexity index is 747. The molecule has 0 bridgehead atoms. The normalized spacial score (nSPS) is 11.4. The highest BCUT2D eigenvalue weighted by Gasteiger charge is 2.15. The first kappa shape index (κ1) is 18.1. The van der Waals surface area contributed by atoms with Crippen LogP contribution in [-0.4, -0.2) is 28.4 Å². The van der Waals surface area contributed by atoms with Crippen LogP contribution in [0.15, 0.2) is 54.6 Å². The second-order valence-electron chi connectivity index (χ2n) is 5.23. The highest BCUT2D eigenvalue weighted by molar-refractivity contribution is 6.39. The van der Waals surface area contributed by atoms with Crippen LogP contribution in [0, 0.1) is 10.1 Å². The lowest BCUT2D eigenvalue weighted by Crippen LogP contribution is -2.36. The molecule has 0 fully saturated rings. The van der Waals surface area contributed by atoms with E-state index in [1.165, 1.54) is 24.3 Å². The standard InChI is InChI=1S/C17H17N3O5/c21-15(12-4-2-1-3-5-12)10-11-18-16(22)17(23)19-13-6-8-14(9-7-13)20(24)25/h1-9,15,21H,10-11H2,(H,18,22)(H,19,23). The molecule has 2 aromatic carbocycles. The lowest BCUT2D eigenvalue weighted by atomic mass is 10.1. The number of carbonyl (C=O) groups excluding carboxylic acids is 2. The van der Waals surface area contributed by atoms with E-state index in [4.69, 9.17) is 0 Å². The molecule has 0 spiro atoms. The van der Waals surface area contributed by atoms with Gasteiger partial charge >= 0.3 is 11.8 Å². The second kappa shape index (κ2) is 8.55. The Hall–Kier alpha value is -3.26. The van der Waals surface area contributed by atoms with Crippen molar-refractivity contribution in [3.8, 4) is 0 Å². The molecular formula is C17H17N3O5. The van der Waals surface area contributed by atoms with Crippen molar-refractivity contribution >= 4 is 23.2 Å². The van der Waals surface area contributed by atoms with E-state index in [9.17, 15) is 24.8 Å². The summed E-state index contributed by atoms with van der Waals surface area (Å²) in [6, 6.07) is 14.1. The van der Waals surface area contributed by atoms with Crippen molar-refractivity contribution in [1.29, 1.82) is 0 Å². The first-order chi connectivity index (χ1) is 12.0. The third-order valence-electron chi connectivity index (χ3n) is 3.43. The van der Waals surface area contributed by atoms with Crippen molar-refractivity contribution in [3.63, 3.8) is 0 Å². The number of aliphatic hydroxyl groups is 1. The summed E-state index contributed by atoms with van der Waals surface area (Å²) >= 11 is 0. The Labute approximate surface area is 143 Å². The number of nitro benzene ring substituents is 1. The number of amides is 2. The molecule has 0 aliphatic carbocycles. The van der Waals surface area contributed by atoms with Gasteiger partial charge in [0, 0.05) is 24.4 Å². The maximum absolute atomic E-state index is 11.8. The van der Waals surface area contributed by atoms with Gasteiger partial charge in [-0.25, -0.2) is 0 Å². The molecule has 8 heteroatoms. The van der Waals surface area contributed by atoms with Gasteiger partial charge in [-0.2, -0.15) is 0 Å². The molecule has 1 atom stereocenters. The van der Waals surface area contributed by atoms with Gasteiger partial charge in [-0.1, -0.05) is 30.3 Å². The fourth-order valence-corrected chi connectivity index (χ4v) is 2.10. The summed E-state index contributed by atoms with van der Waals surface area (Å²) in [5.41, 5.74) is 0.888. The SMILES string of the molecule is O=C(NCCC(O)c1ccccc1)C(=O)Nc1ccc([N+](=O)[O-])cc1. The summed E-state index contributed by atoms with van der Waals surface area (Å²) in [7, 11) is 0. The minimum absolute atomic E-state index is 0.114. The summed E-state index contributed by atoms with van der Waals surface area (Å²) in [4.78, 5) is 33.5. The molecule has 0 aliphatic heterocycles. The molecule has 2 amide bonds. The maximum Gasteiger partial charge on any atom is 0.313 e. The predicted octanol–water partition coefficient (Wildman–Crippen LogP) is 1.77. The van der Waals surface area contributed by atoms with Gasteiger partial charge in [-0.05, 0) is 24.1 Å². The number of anilines is 1. The van der Waals surface area contributed by atoms with Gasteiger partial charge in [0.2, 0.25) is 0 Å². The first-order valence-corrected chi connectivity index (χ1v) is 7.54. The third kappa shape index (κ3) is 5.40. The van der Waals surface area contributed by atoms with E-state index in [0.29, 0.717) is 0 Å². The number of carbonyl (C=O) groups is 2. The van der Waals surface area contributed by atoms with Crippen molar-refractivity contribution in [2.75, 3.05) is 11.9 Å². The number of non-ortho nitro benzene ring substituents is 1. The van der Waals surface area contributed by atoms with Crippen LogP contribution >= 0.6 is 0 Å². The number of hydrogen-bond donors (Lipinski definition) is 3. The van der Waals surface area contributed by atoms with E-state index in [1.54, 1.807) is 24.3 Å². The predicted molar refractivity (Wildman–Crippen MR) is 90.8 cm³/mol. The van der Waals surface area contributed by atoms with Crippen LogP contribution in [0.2, 0.25) is 0 Å². The molecule has 0 saturated carbocycles. The number of benzene rings is 2. The van der Waals surface area contributed by atoms with E-state index in [-0.39, 0.29) is 24.3 Å². The molecule has 25 heavy (non-hydrogen) atoms. The van der Waals surface area contributed by atoms with Gasteiger partial charge in [-0.15, -0.1) is 0 Å². The van der Waals surface area contributed by atoms with Crippen LogP contribution in [0.5, 0.6) is 0 Å². The molecule has 0 aromatic heterocycles. The number of rotatable bonds is 6. The molecule has 3 N–H and O–H groups in total. The number of nitro groups is 1. The van der Waals surface area contributed by atoms with Crippen molar-refractivity contribution in [3.05, 3.63) is 70.3 Å². The molecule has 8 nitrogen and oxygen atoms in total. The molecule has 2 aromatic rings. The Balaban J connectivity index is 1.78. The quantitative estimate of drug-likeness (QED) is 0.419. The molecule has 0 heterocycles. The van der Waals surface area contributed by atoms with Crippen molar-refractivity contribution in [2.24, 2.45) is 0 Å². The van der Waals surface area contributed by atoms with Gasteiger partial charge in [-0.3, -0.25) is 19.7 Å². The van der Waals surface area contributed by atoms with Gasteiger partial charge in [0.15, 0.2) is 0 Å². The molecule has 1 unspecified atom stereocenters. The molecule has 0 saturated heterocycles. The van der Waals surface area contributed by atoms with E-state index in [1.807, 2.05) is 6.07 Å². The van der Waals surface area contributed by atoms with E-state index < -0.39 is 22.8 Å². The van der Waals surface area contributed by atoms with E-state index >= 15 is 0 Å². The smallest absolute Gasteiger partial charge is 0.313 e. The van der Waals surface area contributed by atoms with Crippen LogP contribution in [0.3, 0.4) is 0 Å². The summed E-state index contributed by atoms with van der Waals surface area (Å²) < 4.78 is 0. The summed E-state index contributed by atoms with van der Waals surface area (Å²) in [6.07, 6.45) is -0.472. The minimum Gasteiger partial charge on any atom is -0.388 e. The monoisotopic (exact) mass is 343 g/mol. The number of nitrogens with zero attached hydrogens (tertiary/aromatic N) is 1. The Morgan fingerprint density at radius 1 is 1.04 bits per heavy atom. The average molecular weight is 343 g/mol. The third-order valence-corrected chi connectivity index (χ3v) is 3.43. The summed E-state index contributed by atoms with van der Waals surface area (Å²) in [6.45, 7) is 0.128. The molecule has 2 rings (SSSR count). The van der Waals surface area contributed by atoms with Crippen LogP contribution in [0.25, 0.3) is 0 Å². The largest absolute Gasteiger partial charge is 0.388 e. The zero-order valence-electron chi connectivity index (χ0n) is 13.2. The molecule has 0 aliphatic rings. The van der Waals surface area contributed by atoms with Gasteiger partial charge in [0.1, 0.15) is 0 Å². The van der Waals surface area contributed by atoms with Crippen LogP contribution in [0.4, 0.5) is 11.4 Å². The molecular weight excluding hydrogens is 326 g/mol. The number of nitrogens with one attached hydrogen (secondary N) is 2. The zero-order chi connectivity index (χ0) is 18.2. The molecule has 130 valence electrons. The van der Waals surface area contributed by atoms with Crippen LogP contribution in [0.1, 0.15) is 18.1 Å². The summed E-state index contributed by atoms with van der Waals surface area (Å²) in [5.74, 6) is -1.73. The number of hydrogen-bond acceptors (Lipinski definition) is 5. The van der Waals surface area contributed by atoms with Crippen molar-refractivity contribution < 1.29 is 19.6 Å². The number of aliphatic hydroxyl groups excluding tert-OH is 1. The van der Waals surface area contributed by atoms with Crippen molar-refractivity contribution in [1.82, 2.24) is 5.32 Å². The Morgan fingerprint density at radius 2 is 1.68 bits per heavy atom. The lowest BCUT2D eigenvalue weighted by molar-refractivity contribution is -0.384. The van der Waals surface area contributed by atoms with Crippen molar-refractivity contribution in [2.45, 2.75) is 12.5 Å². The topological polar surface area (TPSA) is 122 Å². The highest BCUT2D eigenvalue weighted by atomic mass is 16.6.